The van der Waals surface area contributed by atoms with Crippen molar-refractivity contribution in [3.8, 4) is 50.2 Å². The molecule has 0 unspecified atom stereocenters. The largest absolute Gasteiger partial charge is 0.310 e. The van der Waals surface area contributed by atoms with E-state index in [1.807, 2.05) is 0 Å². The van der Waals surface area contributed by atoms with E-state index in [-0.39, 0.29) is 10.8 Å². The Morgan fingerprint density at radius 2 is 1.05 bits per heavy atom. The molecule has 0 amide bonds. The number of benzene rings is 8. The molecule has 2 heteroatoms. The zero-order valence-corrected chi connectivity index (χ0v) is 35.8. The van der Waals surface area contributed by atoms with Crippen LogP contribution < -0.4 is 4.90 Å². The highest BCUT2D eigenvalue weighted by atomic mass is 15.1. The van der Waals surface area contributed by atoms with Crippen molar-refractivity contribution in [2.24, 2.45) is 0 Å². The number of allylic oxidation sites excluding steroid dienone is 1. The van der Waals surface area contributed by atoms with Gasteiger partial charge in [0.25, 0.3) is 0 Å². The summed E-state index contributed by atoms with van der Waals surface area (Å²) in [5, 5.41) is 1.35. The number of nitrogens with zero attached hydrogens (tertiary/aromatic N) is 2. The Morgan fingerprint density at radius 1 is 0.468 bits per heavy atom. The third-order valence-electron chi connectivity index (χ3n) is 14.3. The second-order valence-corrected chi connectivity index (χ2v) is 18.4. The molecule has 0 spiro atoms. The van der Waals surface area contributed by atoms with Gasteiger partial charge in [-0.2, -0.15) is 0 Å². The molecular formula is C60H48N2. The van der Waals surface area contributed by atoms with E-state index in [0.717, 1.165) is 29.9 Å². The van der Waals surface area contributed by atoms with E-state index in [1.165, 1.54) is 94.6 Å². The minimum Gasteiger partial charge on any atom is -0.310 e. The van der Waals surface area contributed by atoms with Gasteiger partial charge in [0.2, 0.25) is 0 Å². The molecular weight excluding hydrogens is 749 g/mol. The van der Waals surface area contributed by atoms with Gasteiger partial charge in [0.15, 0.2) is 0 Å². The Morgan fingerprint density at radius 3 is 1.84 bits per heavy atom. The molecule has 9 aromatic rings. The van der Waals surface area contributed by atoms with Gasteiger partial charge in [-0.25, -0.2) is 0 Å². The van der Waals surface area contributed by atoms with E-state index in [0.29, 0.717) is 0 Å². The smallest absolute Gasteiger partial charge is 0.0540 e. The molecule has 0 saturated heterocycles. The summed E-state index contributed by atoms with van der Waals surface area (Å²) in [6, 6.07) is 68.0. The van der Waals surface area contributed by atoms with Crippen LogP contribution in [-0.2, 0) is 17.3 Å². The van der Waals surface area contributed by atoms with Crippen LogP contribution in [0.2, 0.25) is 0 Å². The quantitative estimate of drug-likeness (QED) is 0.163. The lowest BCUT2D eigenvalue weighted by atomic mass is 9.79. The van der Waals surface area contributed by atoms with Crippen LogP contribution in [0, 0.1) is 0 Å². The van der Waals surface area contributed by atoms with Crippen LogP contribution >= 0.6 is 0 Å². The average molecular weight is 797 g/mol. The summed E-state index contributed by atoms with van der Waals surface area (Å²) in [5.41, 5.74) is 24.3. The van der Waals surface area contributed by atoms with E-state index >= 15 is 0 Å². The number of hydrogen-bond donors (Lipinski definition) is 0. The van der Waals surface area contributed by atoms with Crippen molar-refractivity contribution < 1.29 is 0 Å². The van der Waals surface area contributed by atoms with Gasteiger partial charge in [-0.15, -0.1) is 0 Å². The van der Waals surface area contributed by atoms with Crippen LogP contribution in [0.15, 0.2) is 188 Å². The monoisotopic (exact) mass is 796 g/mol. The molecule has 0 atom stereocenters. The Hall–Kier alpha value is -7.16. The first-order valence-corrected chi connectivity index (χ1v) is 22.2. The third kappa shape index (κ3) is 5.29. The average Bonchev–Trinajstić information content (AvgIpc) is 3.87. The maximum Gasteiger partial charge on any atom is 0.0540 e. The Labute approximate surface area is 365 Å². The van der Waals surface area contributed by atoms with Crippen molar-refractivity contribution >= 4 is 34.0 Å². The van der Waals surface area contributed by atoms with Gasteiger partial charge in [-0.1, -0.05) is 167 Å². The standard InChI is InChI=1S/C60H48N2/c1-59(2)52-26-11-6-21-50(52)57-48(23-16-27-53(57)59)47-20-9-12-28-54(47)61(41-35-37-42(38-36-41)62-55-29-13-7-18-45(55)46-19-8-14-30-56(46)62)40-33-31-39(32-34-40)43-22-15-24-49-44-17-5-10-25-51(44)60(3,4)58(43)49/h5-7,9-18,20-38H,8,19H2,1-4H3. The third-order valence-corrected chi connectivity index (χ3v) is 14.3. The fraction of sp³-hybridized carbons (Fsp3) is 0.133. The van der Waals surface area contributed by atoms with Crippen molar-refractivity contribution in [3.63, 3.8) is 0 Å². The second kappa shape index (κ2) is 13.7. The molecule has 12 rings (SSSR count). The van der Waals surface area contributed by atoms with Crippen molar-refractivity contribution in [1.29, 1.82) is 0 Å². The first kappa shape index (κ1) is 36.7. The van der Waals surface area contributed by atoms with E-state index in [9.17, 15) is 0 Å². The van der Waals surface area contributed by atoms with Gasteiger partial charge in [-0.3, -0.25) is 0 Å². The molecule has 0 bridgehead atoms. The Kier molecular flexibility index (Phi) is 8.09. The summed E-state index contributed by atoms with van der Waals surface area (Å²) in [5.74, 6) is 0. The number of aromatic nitrogens is 1. The van der Waals surface area contributed by atoms with Crippen molar-refractivity contribution in [3.05, 3.63) is 222 Å². The molecule has 3 aliphatic carbocycles. The van der Waals surface area contributed by atoms with E-state index < -0.39 is 0 Å². The molecule has 0 N–H and O–H groups in total. The number of fused-ring (bicyclic) bond motifs is 9. The molecule has 298 valence electrons. The fourth-order valence-corrected chi connectivity index (χ4v) is 11.4. The Bertz CT molecular complexity index is 3280. The maximum absolute atomic E-state index is 2.46. The van der Waals surface area contributed by atoms with Crippen LogP contribution in [0.4, 0.5) is 17.1 Å². The molecule has 0 aliphatic heterocycles. The molecule has 0 fully saturated rings. The molecule has 1 aromatic heterocycles. The van der Waals surface area contributed by atoms with Crippen molar-refractivity contribution in [1.82, 2.24) is 4.57 Å². The molecule has 2 nitrogen and oxygen atoms in total. The lowest BCUT2D eigenvalue weighted by molar-refractivity contribution is 0.660. The predicted octanol–water partition coefficient (Wildman–Crippen LogP) is 16.0. The number of hydrogen-bond acceptors (Lipinski definition) is 1. The van der Waals surface area contributed by atoms with Crippen molar-refractivity contribution in [2.75, 3.05) is 4.90 Å². The van der Waals surface area contributed by atoms with Crippen LogP contribution in [0.1, 0.15) is 67.6 Å². The number of rotatable bonds is 6. The topological polar surface area (TPSA) is 8.17 Å². The van der Waals surface area contributed by atoms with Crippen molar-refractivity contribution in [2.45, 2.75) is 51.4 Å². The highest BCUT2D eigenvalue weighted by Gasteiger charge is 2.38. The fourth-order valence-electron chi connectivity index (χ4n) is 11.4. The predicted molar refractivity (Wildman–Crippen MR) is 261 cm³/mol. The van der Waals surface area contributed by atoms with Gasteiger partial charge in [0.1, 0.15) is 0 Å². The van der Waals surface area contributed by atoms with Gasteiger partial charge in [0, 0.05) is 44.5 Å². The zero-order chi connectivity index (χ0) is 41.7. The minimum absolute atomic E-state index is 0.0905. The molecule has 62 heavy (non-hydrogen) atoms. The lowest BCUT2D eigenvalue weighted by Gasteiger charge is -2.29. The van der Waals surface area contributed by atoms with Gasteiger partial charge >= 0.3 is 0 Å². The first-order valence-electron chi connectivity index (χ1n) is 22.2. The number of aryl methyl sites for hydroxylation is 1. The molecule has 1 heterocycles. The first-order chi connectivity index (χ1) is 30.3. The number of anilines is 3. The van der Waals surface area contributed by atoms with Gasteiger partial charge in [0.05, 0.1) is 11.2 Å². The van der Waals surface area contributed by atoms with Crippen LogP contribution in [0.25, 0.3) is 67.2 Å². The lowest BCUT2D eigenvalue weighted by Crippen LogP contribution is -2.16. The summed E-state index contributed by atoms with van der Waals surface area (Å²) in [4.78, 5) is 2.46. The maximum atomic E-state index is 2.46. The molecule has 0 radical (unpaired) electrons. The van der Waals surface area contributed by atoms with E-state index in [2.05, 4.69) is 231 Å². The summed E-state index contributed by atoms with van der Waals surface area (Å²) in [6.45, 7) is 9.48. The molecule has 0 saturated carbocycles. The van der Waals surface area contributed by atoms with Crippen LogP contribution in [-0.4, -0.2) is 4.57 Å². The van der Waals surface area contributed by atoms with Crippen LogP contribution in [0.3, 0.4) is 0 Å². The molecule has 8 aromatic carbocycles. The highest BCUT2D eigenvalue weighted by molar-refractivity contribution is 5.99. The van der Waals surface area contributed by atoms with E-state index in [1.54, 1.807) is 0 Å². The number of para-hydroxylation sites is 2. The van der Waals surface area contributed by atoms with Gasteiger partial charge < -0.3 is 9.47 Å². The van der Waals surface area contributed by atoms with Crippen LogP contribution in [0.5, 0.6) is 0 Å². The SMILES string of the molecule is CC1(C)c2ccccc2-c2c(-c3ccccc3N(c3ccc(-c4cccc5c4C(C)(C)c4ccccc4-5)cc3)c3ccc(-n4c5c(c6ccccc64)CCC=C5)cc3)cccc21. The second-order valence-electron chi connectivity index (χ2n) is 18.4. The zero-order valence-electron chi connectivity index (χ0n) is 35.8. The highest BCUT2D eigenvalue weighted by Crippen LogP contribution is 2.55. The molecule has 3 aliphatic rings. The normalized spacial score (nSPS) is 14.8. The Balaban J connectivity index is 1.03. The summed E-state index contributed by atoms with van der Waals surface area (Å²) in [7, 11) is 0. The minimum atomic E-state index is -0.100. The summed E-state index contributed by atoms with van der Waals surface area (Å²) >= 11 is 0. The summed E-state index contributed by atoms with van der Waals surface area (Å²) < 4.78 is 2.45. The summed E-state index contributed by atoms with van der Waals surface area (Å²) in [6.07, 6.45) is 6.78. The van der Waals surface area contributed by atoms with Gasteiger partial charge in [-0.05, 0) is 134 Å². The van der Waals surface area contributed by atoms with E-state index in [4.69, 9.17) is 0 Å².